The summed E-state index contributed by atoms with van der Waals surface area (Å²) in [6, 6.07) is 27.2. The van der Waals surface area contributed by atoms with Crippen LogP contribution in [0, 0.1) is 0 Å². The third-order valence-corrected chi connectivity index (χ3v) is 5.74. The number of carbonyl (C=O) groups is 1. The number of urea groups is 1. The summed E-state index contributed by atoms with van der Waals surface area (Å²) in [5, 5.41) is 7.14. The molecule has 0 saturated heterocycles. The van der Waals surface area contributed by atoms with E-state index in [4.69, 9.17) is 4.98 Å². The zero-order chi connectivity index (χ0) is 21.5. The summed E-state index contributed by atoms with van der Waals surface area (Å²) in [5.74, 6) is 0.717. The molecular weight excluding hydrogens is 398 g/mol. The summed E-state index contributed by atoms with van der Waals surface area (Å²) >= 11 is 0. The van der Waals surface area contributed by atoms with Crippen molar-refractivity contribution in [1.82, 2.24) is 25.6 Å². The van der Waals surface area contributed by atoms with Crippen molar-refractivity contribution in [3.05, 3.63) is 108 Å². The predicted octanol–water partition coefficient (Wildman–Crippen LogP) is 5.03. The zero-order valence-corrected chi connectivity index (χ0v) is 17.0. The standard InChI is InChI=1S/C26H19N5O/c32-26-30-23(16-7-2-1-3-8-16)22(25-28-20-10-4-5-11-21(20)29-25)24(31-26)18-12-13-19-17(15-18)9-6-14-27-19/h1-15,24H,(H,28,29)(H2,30,31,32)/t24-/m1/s1. The van der Waals surface area contributed by atoms with Crippen molar-refractivity contribution in [2.75, 3.05) is 0 Å². The molecule has 0 fully saturated rings. The third kappa shape index (κ3) is 3.09. The van der Waals surface area contributed by atoms with Gasteiger partial charge in [0.15, 0.2) is 0 Å². The number of amides is 2. The second-order valence-corrected chi connectivity index (χ2v) is 7.74. The Morgan fingerprint density at radius 2 is 1.66 bits per heavy atom. The SMILES string of the molecule is O=C1NC(c2ccccc2)=C(c2nc3ccccc3[nH]2)[C@@H](c2ccc3ncccc3c2)N1. The number of para-hydroxylation sites is 2. The van der Waals surface area contributed by atoms with E-state index in [0.717, 1.165) is 44.3 Å². The number of carbonyl (C=O) groups excluding carboxylic acids is 1. The number of nitrogens with zero attached hydrogens (tertiary/aromatic N) is 2. The van der Waals surface area contributed by atoms with Crippen molar-refractivity contribution >= 4 is 39.2 Å². The van der Waals surface area contributed by atoms with Crippen molar-refractivity contribution < 1.29 is 4.79 Å². The van der Waals surface area contributed by atoms with Gasteiger partial charge in [0, 0.05) is 17.2 Å². The van der Waals surface area contributed by atoms with Crippen LogP contribution in [0.2, 0.25) is 0 Å². The normalized spacial score (nSPS) is 16.2. The molecule has 6 nitrogen and oxygen atoms in total. The number of H-pyrrole nitrogens is 1. The monoisotopic (exact) mass is 417 g/mol. The number of hydrogen-bond acceptors (Lipinski definition) is 3. The Morgan fingerprint density at radius 1 is 0.812 bits per heavy atom. The van der Waals surface area contributed by atoms with Crippen LogP contribution in [0.3, 0.4) is 0 Å². The first-order chi connectivity index (χ1) is 15.8. The Labute approximate surface area is 184 Å². The van der Waals surface area contributed by atoms with Gasteiger partial charge in [-0.15, -0.1) is 0 Å². The van der Waals surface area contributed by atoms with Gasteiger partial charge in [0.2, 0.25) is 0 Å². The van der Waals surface area contributed by atoms with E-state index < -0.39 is 0 Å². The molecule has 1 aliphatic heterocycles. The molecule has 2 aromatic heterocycles. The van der Waals surface area contributed by atoms with E-state index in [1.165, 1.54) is 0 Å². The van der Waals surface area contributed by atoms with Gasteiger partial charge in [-0.05, 0) is 41.5 Å². The van der Waals surface area contributed by atoms with Crippen LogP contribution in [-0.4, -0.2) is 21.0 Å². The topological polar surface area (TPSA) is 82.7 Å². The van der Waals surface area contributed by atoms with E-state index in [1.807, 2.05) is 78.9 Å². The van der Waals surface area contributed by atoms with Gasteiger partial charge >= 0.3 is 6.03 Å². The molecule has 6 heteroatoms. The van der Waals surface area contributed by atoms with Gasteiger partial charge in [-0.3, -0.25) is 4.98 Å². The smallest absolute Gasteiger partial charge is 0.320 e. The number of imidazole rings is 1. The lowest BCUT2D eigenvalue weighted by molar-refractivity contribution is 0.242. The first kappa shape index (κ1) is 18.3. The highest BCUT2D eigenvalue weighted by Crippen LogP contribution is 2.38. The molecule has 3 heterocycles. The first-order valence-electron chi connectivity index (χ1n) is 10.4. The molecule has 1 aliphatic rings. The van der Waals surface area contributed by atoms with E-state index in [1.54, 1.807) is 6.20 Å². The number of pyridine rings is 1. The van der Waals surface area contributed by atoms with Gasteiger partial charge in [0.1, 0.15) is 5.82 Å². The number of hydrogen-bond donors (Lipinski definition) is 3. The molecule has 3 N–H and O–H groups in total. The van der Waals surface area contributed by atoms with Crippen LogP contribution in [-0.2, 0) is 0 Å². The second kappa shape index (κ2) is 7.35. The van der Waals surface area contributed by atoms with E-state index in [9.17, 15) is 4.79 Å². The lowest BCUT2D eigenvalue weighted by Crippen LogP contribution is -2.43. The fourth-order valence-corrected chi connectivity index (χ4v) is 4.26. The average molecular weight is 417 g/mol. The first-order valence-corrected chi connectivity index (χ1v) is 10.4. The minimum atomic E-state index is -0.385. The molecule has 0 bridgehead atoms. The molecule has 1 atom stereocenters. The molecule has 2 amide bonds. The van der Waals surface area contributed by atoms with Crippen LogP contribution in [0.1, 0.15) is 23.0 Å². The van der Waals surface area contributed by atoms with Crippen molar-refractivity contribution in [3.8, 4) is 0 Å². The number of aromatic amines is 1. The van der Waals surface area contributed by atoms with Crippen LogP contribution < -0.4 is 10.6 Å². The summed E-state index contributed by atoms with van der Waals surface area (Å²) in [5.41, 5.74) is 6.24. The van der Waals surface area contributed by atoms with E-state index in [0.29, 0.717) is 5.82 Å². The molecule has 0 unspecified atom stereocenters. The quantitative estimate of drug-likeness (QED) is 0.385. The fraction of sp³-hybridized carbons (Fsp3) is 0.0385. The van der Waals surface area contributed by atoms with Crippen molar-refractivity contribution in [1.29, 1.82) is 0 Å². The Kier molecular flexibility index (Phi) is 4.21. The van der Waals surface area contributed by atoms with Gasteiger partial charge in [-0.25, -0.2) is 9.78 Å². The molecule has 154 valence electrons. The minimum absolute atomic E-state index is 0.250. The Balaban J connectivity index is 1.61. The van der Waals surface area contributed by atoms with E-state index in [-0.39, 0.29) is 12.1 Å². The number of nitrogens with one attached hydrogen (secondary N) is 3. The largest absolute Gasteiger partial charge is 0.338 e. The highest BCUT2D eigenvalue weighted by atomic mass is 16.2. The molecule has 32 heavy (non-hydrogen) atoms. The summed E-state index contributed by atoms with van der Waals surface area (Å²) in [7, 11) is 0. The molecule has 0 radical (unpaired) electrons. The highest BCUT2D eigenvalue weighted by Gasteiger charge is 2.32. The Morgan fingerprint density at radius 3 is 2.53 bits per heavy atom. The maximum atomic E-state index is 12.7. The van der Waals surface area contributed by atoms with Crippen LogP contribution in [0.4, 0.5) is 4.79 Å². The average Bonchev–Trinajstić information content (AvgIpc) is 3.27. The van der Waals surface area contributed by atoms with Crippen molar-refractivity contribution in [2.45, 2.75) is 6.04 Å². The minimum Gasteiger partial charge on any atom is -0.338 e. The molecule has 0 saturated carbocycles. The van der Waals surface area contributed by atoms with E-state index in [2.05, 4.69) is 26.7 Å². The van der Waals surface area contributed by atoms with Gasteiger partial charge in [-0.2, -0.15) is 0 Å². The molecule has 0 spiro atoms. The summed E-state index contributed by atoms with van der Waals surface area (Å²) < 4.78 is 0. The maximum absolute atomic E-state index is 12.7. The predicted molar refractivity (Wildman–Crippen MR) is 126 cm³/mol. The number of rotatable bonds is 3. The third-order valence-electron chi connectivity index (χ3n) is 5.74. The molecule has 5 aromatic rings. The number of fused-ring (bicyclic) bond motifs is 2. The Bertz CT molecular complexity index is 1470. The lowest BCUT2D eigenvalue weighted by atomic mass is 9.91. The van der Waals surface area contributed by atoms with Gasteiger partial charge in [0.25, 0.3) is 0 Å². The van der Waals surface area contributed by atoms with Crippen molar-refractivity contribution in [3.63, 3.8) is 0 Å². The van der Waals surface area contributed by atoms with Crippen molar-refractivity contribution in [2.24, 2.45) is 0 Å². The van der Waals surface area contributed by atoms with Crippen LogP contribution in [0.5, 0.6) is 0 Å². The van der Waals surface area contributed by atoms with Crippen LogP contribution in [0.15, 0.2) is 91.1 Å². The second-order valence-electron chi connectivity index (χ2n) is 7.74. The molecule has 0 aliphatic carbocycles. The van der Waals surface area contributed by atoms with Gasteiger partial charge in [0.05, 0.1) is 28.3 Å². The van der Waals surface area contributed by atoms with Crippen LogP contribution >= 0.6 is 0 Å². The lowest BCUT2D eigenvalue weighted by Gasteiger charge is -2.30. The van der Waals surface area contributed by atoms with Crippen LogP contribution in [0.25, 0.3) is 33.2 Å². The molecule has 3 aromatic carbocycles. The molecular formula is C26H19N5O. The van der Waals surface area contributed by atoms with Gasteiger partial charge < -0.3 is 15.6 Å². The summed E-state index contributed by atoms with van der Waals surface area (Å²) in [4.78, 5) is 25.5. The number of aromatic nitrogens is 3. The zero-order valence-electron chi connectivity index (χ0n) is 17.0. The van der Waals surface area contributed by atoms with Gasteiger partial charge in [-0.1, -0.05) is 54.6 Å². The maximum Gasteiger partial charge on any atom is 0.320 e. The highest BCUT2D eigenvalue weighted by molar-refractivity contribution is 6.03. The number of benzene rings is 3. The molecule has 6 rings (SSSR count). The van der Waals surface area contributed by atoms with E-state index >= 15 is 0 Å². The summed E-state index contributed by atoms with van der Waals surface area (Å²) in [6.07, 6.45) is 1.78. The summed E-state index contributed by atoms with van der Waals surface area (Å²) in [6.45, 7) is 0. The Hall–Kier alpha value is -4.45. The fourth-order valence-electron chi connectivity index (χ4n) is 4.26.